The van der Waals surface area contributed by atoms with Crippen LogP contribution in [0.1, 0.15) is 24.5 Å². The van der Waals surface area contributed by atoms with Crippen LogP contribution in [0.4, 0.5) is 0 Å². The van der Waals surface area contributed by atoms with Gasteiger partial charge in [-0.05, 0) is 23.6 Å². The normalized spacial score (nSPS) is 12.2. The van der Waals surface area contributed by atoms with Gasteiger partial charge in [0.15, 0.2) is 0 Å². The number of carbonyl (C=O) groups excluding carboxylic acids is 1. The molecule has 0 aliphatic heterocycles. The van der Waals surface area contributed by atoms with E-state index >= 15 is 0 Å². The maximum Gasteiger partial charge on any atom is 0.330 e. The number of pyridine rings is 1. The molecule has 25 heavy (non-hydrogen) atoms. The van der Waals surface area contributed by atoms with Gasteiger partial charge in [0.1, 0.15) is 14.9 Å². The lowest BCUT2D eigenvalue weighted by molar-refractivity contribution is -0.134. The van der Waals surface area contributed by atoms with Gasteiger partial charge in [-0.2, -0.15) is 0 Å². The lowest BCUT2D eigenvalue weighted by Crippen LogP contribution is -2.40. The second-order valence-corrected chi connectivity index (χ2v) is 11.6. The zero-order valence-corrected chi connectivity index (χ0v) is 17.3. The molecule has 0 saturated heterocycles. The molecular formula is C18H29NO5Si. The summed E-state index contributed by atoms with van der Waals surface area (Å²) in [6.45, 7) is 9.10. The molecule has 0 fully saturated rings. The molecule has 7 heteroatoms. The van der Waals surface area contributed by atoms with Gasteiger partial charge in [0.25, 0.3) is 0 Å². The molecule has 1 aromatic rings. The van der Waals surface area contributed by atoms with Gasteiger partial charge in [0.2, 0.25) is 5.88 Å². The van der Waals surface area contributed by atoms with Crippen LogP contribution in [0.25, 0.3) is 5.57 Å². The molecule has 0 N–H and O–H groups in total. The SMILES string of the molecule is CC/C(=C\C(=O)OC)c1cc([Si](C)(C)C)nc(OC)c1COCOC. The Labute approximate surface area is 151 Å². The van der Waals surface area contributed by atoms with E-state index in [-0.39, 0.29) is 19.4 Å². The third kappa shape index (κ3) is 5.95. The van der Waals surface area contributed by atoms with Crippen molar-refractivity contribution in [3.8, 4) is 5.88 Å². The fourth-order valence-corrected chi connectivity index (χ4v) is 3.34. The molecule has 0 atom stereocenters. The highest BCUT2D eigenvalue weighted by Crippen LogP contribution is 2.29. The van der Waals surface area contributed by atoms with Crippen LogP contribution in [0.5, 0.6) is 5.88 Å². The number of methoxy groups -OCH3 is 3. The summed E-state index contributed by atoms with van der Waals surface area (Å²) in [6.07, 6.45) is 2.19. The zero-order chi connectivity index (χ0) is 19.0. The third-order valence-electron chi connectivity index (χ3n) is 3.72. The Hall–Kier alpha value is -1.70. The molecule has 0 saturated carbocycles. The van der Waals surface area contributed by atoms with E-state index in [0.29, 0.717) is 12.3 Å². The second kappa shape index (κ2) is 9.70. The van der Waals surface area contributed by atoms with Crippen LogP contribution < -0.4 is 10.1 Å². The van der Waals surface area contributed by atoms with E-state index in [4.69, 9.17) is 23.9 Å². The minimum atomic E-state index is -1.68. The smallest absolute Gasteiger partial charge is 0.330 e. The highest BCUT2D eigenvalue weighted by molar-refractivity contribution is 6.88. The molecule has 0 unspecified atom stereocenters. The first-order valence-corrected chi connectivity index (χ1v) is 11.7. The van der Waals surface area contributed by atoms with Gasteiger partial charge in [-0.25, -0.2) is 9.78 Å². The minimum Gasteiger partial charge on any atom is -0.481 e. The number of rotatable bonds is 9. The van der Waals surface area contributed by atoms with Crippen molar-refractivity contribution < 1.29 is 23.7 Å². The van der Waals surface area contributed by atoms with Crippen LogP contribution in [0.2, 0.25) is 19.6 Å². The van der Waals surface area contributed by atoms with E-state index < -0.39 is 8.07 Å². The van der Waals surface area contributed by atoms with Crippen LogP contribution >= 0.6 is 0 Å². The van der Waals surface area contributed by atoms with Gasteiger partial charge in [0.05, 0.1) is 20.8 Å². The number of aromatic nitrogens is 1. The van der Waals surface area contributed by atoms with Gasteiger partial charge >= 0.3 is 5.97 Å². The fourth-order valence-electron chi connectivity index (χ4n) is 2.33. The predicted octanol–water partition coefficient (Wildman–Crippen LogP) is 2.72. The first kappa shape index (κ1) is 21.3. The summed E-state index contributed by atoms with van der Waals surface area (Å²) in [5.74, 6) is 0.140. The number of allylic oxidation sites excluding steroid dienone is 1. The molecule has 1 aromatic heterocycles. The van der Waals surface area contributed by atoms with E-state index in [2.05, 4.69) is 25.7 Å². The van der Waals surface area contributed by atoms with Crippen molar-refractivity contribution in [3.05, 3.63) is 23.3 Å². The lowest BCUT2D eigenvalue weighted by atomic mass is 9.99. The van der Waals surface area contributed by atoms with Crippen LogP contribution in [-0.2, 0) is 25.6 Å². The monoisotopic (exact) mass is 367 g/mol. The minimum absolute atomic E-state index is 0.167. The van der Waals surface area contributed by atoms with Gasteiger partial charge in [0, 0.05) is 24.1 Å². The highest BCUT2D eigenvalue weighted by atomic mass is 28.3. The Morgan fingerprint density at radius 3 is 2.40 bits per heavy atom. The highest BCUT2D eigenvalue weighted by Gasteiger charge is 2.24. The summed E-state index contributed by atoms with van der Waals surface area (Å²) in [7, 11) is 2.85. The van der Waals surface area contributed by atoms with Crippen molar-refractivity contribution >= 4 is 24.9 Å². The predicted molar refractivity (Wildman–Crippen MR) is 101 cm³/mol. The number of nitrogens with zero attached hydrogens (tertiary/aromatic N) is 1. The Balaban J connectivity index is 3.56. The molecule has 0 amide bonds. The number of esters is 1. The Kier molecular flexibility index (Phi) is 8.28. The van der Waals surface area contributed by atoms with E-state index in [0.717, 1.165) is 22.0 Å². The summed E-state index contributed by atoms with van der Waals surface area (Å²) in [5, 5.41) is 1.01. The van der Waals surface area contributed by atoms with E-state index in [1.807, 2.05) is 6.92 Å². The van der Waals surface area contributed by atoms with Crippen molar-refractivity contribution in [3.63, 3.8) is 0 Å². The average Bonchev–Trinajstić information content (AvgIpc) is 2.58. The average molecular weight is 368 g/mol. The second-order valence-electron chi connectivity index (χ2n) is 6.59. The van der Waals surface area contributed by atoms with E-state index in [9.17, 15) is 4.79 Å². The molecule has 0 bridgehead atoms. The topological polar surface area (TPSA) is 66.9 Å². The summed E-state index contributed by atoms with van der Waals surface area (Å²) >= 11 is 0. The lowest BCUT2D eigenvalue weighted by Gasteiger charge is -2.22. The molecule has 0 aromatic carbocycles. The van der Waals surface area contributed by atoms with Crippen molar-refractivity contribution in [2.45, 2.75) is 39.6 Å². The van der Waals surface area contributed by atoms with Crippen LogP contribution in [0.3, 0.4) is 0 Å². The zero-order valence-electron chi connectivity index (χ0n) is 16.3. The van der Waals surface area contributed by atoms with Crippen molar-refractivity contribution in [2.24, 2.45) is 0 Å². The molecular weight excluding hydrogens is 338 g/mol. The largest absolute Gasteiger partial charge is 0.481 e. The van der Waals surface area contributed by atoms with Gasteiger partial charge < -0.3 is 18.9 Å². The molecule has 0 aliphatic rings. The molecule has 1 rings (SSSR count). The third-order valence-corrected chi connectivity index (χ3v) is 5.51. The number of hydrogen-bond donors (Lipinski definition) is 0. The number of hydrogen-bond acceptors (Lipinski definition) is 6. The van der Waals surface area contributed by atoms with Crippen LogP contribution in [0.15, 0.2) is 12.1 Å². The summed E-state index contributed by atoms with van der Waals surface area (Å²) < 4.78 is 20.8. The maximum absolute atomic E-state index is 11.8. The number of carbonyl (C=O) groups is 1. The quantitative estimate of drug-likeness (QED) is 0.220. The standard InChI is InChI=1S/C18H29NO5Si/c1-8-13(9-17(20)22-3)14-10-16(25(5,6)7)19-18(23-4)15(14)11-24-12-21-2/h9-10H,8,11-12H2,1-7H3/b13-9+. The molecule has 0 aliphatic carbocycles. The summed E-state index contributed by atoms with van der Waals surface area (Å²) in [4.78, 5) is 16.5. The Morgan fingerprint density at radius 1 is 1.24 bits per heavy atom. The molecule has 0 radical (unpaired) electrons. The Bertz CT molecular complexity index is 623. The maximum atomic E-state index is 11.8. The first-order valence-electron chi connectivity index (χ1n) is 8.22. The molecule has 0 spiro atoms. The summed E-state index contributed by atoms with van der Waals surface area (Å²) in [6, 6.07) is 2.05. The van der Waals surface area contributed by atoms with Gasteiger partial charge in [-0.3, -0.25) is 0 Å². The molecule has 1 heterocycles. The van der Waals surface area contributed by atoms with Crippen molar-refractivity contribution in [1.82, 2.24) is 4.98 Å². The van der Waals surface area contributed by atoms with Gasteiger partial charge in [-0.1, -0.05) is 26.6 Å². The molecule has 6 nitrogen and oxygen atoms in total. The Morgan fingerprint density at radius 2 is 1.92 bits per heavy atom. The number of ether oxygens (including phenoxy) is 4. The summed E-state index contributed by atoms with van der Waals surface area (Å²) in [5.41, 5.74) is 2.58. The molecule has 140 valence electrons. The van der Waals surface area contributed by atoms with E-state index in [1.54, 1.807) is 14.2 Å². The van der Waals surface area contributed by atoms with Crippen LogP contribution in [-0.4, -0.2) is 47.1 Å². The van der Waals surface area contributed by atoms with Crippen LogP contribution in [0, 0.1) is 0 Å². The first-order chi connectivity index (χ1) is 11.8. The fraction of sp³-hybridized carbons (Fsp3) is 0.556. The van der Waals surface area contributed by atoms with Crippen molar-refractivity contribution in [1.29, 1.82) is 0 Å². The van der Waals surface area contributed by atoms with E-state index in [1.165, 1.54) is 13.2 Å². The van der Waals surface area contributed by atoms with Gasteiger partial charge in [-0.15, -0.1) is 0 Å². The van der Waals surface area contributed by atoms with Crippen molar-refractivity contribution in [2.75, 3.05) is 28.1 Å².